The fourth-order valence-corrected chi connectivity index (χ4v) is 1.99. The average Bonchev–Trinajstić information content (AvgIpc) is 2.24. The molecule has 1 nitrogen and oxygen atoms in total. The van der Waals surface area contributed by atoms with Gasteiger partial charge in [-0.2, -0.15) is 0 Å². The molecule has 1 aliphatic rings. The Bertz CT molecular complexity index is 407. The van der Waals surface area contributed by atoms with Crippen LogP contribution in [0.4, 0.5) is 0 Å². The lowest BCUT2D eigenvalue weighted by Crippen LogP contribution is -2.15. The molecule has 0 heterocycles. The molecule has 17 heavy (non-hydrogen) atoms. The van der Waals surface area contributed by atoms with Gasteiger partial charge in [-0.15, -0.1) is 6.58 Å². The van der Waals surface area contributed by atoms with Gasteiger partial charge in [-0.3, -0.25) is 0 Å². The fraction of sp³-hybridized carbons (Fsp3) is 0.375. The third-order valence-electron chi connectivity index (χ3n) is 2.81. The molecule has 1 rings (SSSR count). The smallest absolute Gasteiger partial charge is 0.0202 e. The van der Waals surface area contributed by atoms with E-state index in [-0.39, 0.29) is 11.3 Å². The van der Waals surface area contributed by atoms with Crippen LogP contribution in [0.5, 0.6) is 0 Å². The van der Waals surface area contributed by atoms with Gasteiger partial charge in [0.1, 0.15) is 0 Å². The zero-order valence-corrected chi connectivity index (χ0v) is 11.3. The van der Waals surface area contributed by atoms with Crippen LogP contribution in [0.3, 0.4) is 0 Å². The van der Waals surface area contributed by atoms with Gasteiger partial charge in [0.15, 0.2) is 0 Å². The molecular weight excluding hydrogens is 206 g/mol. The zero-order chi connectivity index (χ0) is 13.1. The Labute approximate surface area is 105 Å². The van der Waals surface area contributed by atoms with Crippen LogP contribution in [0.15, 0.2) is 59.9 Å². The maximum absolute atomic E-state index is 5.84. The van der Waals surface area contributed by atoms with E-state index in [1.807, 2.05) is 13.0 Å². The summed E-state index contributed by atoms with van der Waals surface area (Å²) in [4.78, 5) is 0. The summed E-state index contributed by atoms with van der Waals surface area (Å²) in [5.74, 6) is 0.282. The molecule has 0 fully saturated rings. The van der Waals surface area contributed by atoms with Crippen molar-refractivity contribution in [3.05, 3.63) is 59.9 Å². The van der Waals surface area contributed by atoms with Crippen LogP contribution in [0, 0.1) is 11.3 Å². The summed E-state index contributed by atoms with van der Waals surface area (Å²) in [6.45, 7) is 12.5. The summed E-state index contributed by atoms with van der Waals surface area (Å²) in [5, 5.41) is 0. The molecule has 0 aromatic rings. The summed E-state index contributed by atoms with van der Waals surface area (Å²) < 4.78 is 0. The van der Waals surface area contributed by atoms with Crippen molar-refractivity contribution in [3.63, 3.8) is 0 Å². The summed E-state index contributed by atoms with van der Waals surface area (Å²) >= 11 is 0. The minimum absolute atomic E-state index is 0.0761. The molecule has 0 saturated carbocycles. The molecule has 1 atom stereocenters. The molecule has 0 radical (unpaired) electrons. The Morgan fingerprint density at radius 1 is 1.35 bits per heavy atom. The van der Waals surface area contributed by atoms with Gasteiger partial charge in [-0.1, -0.05) is 51.2 Å². The first-order valence-electron chi connectivity index (χ1n) is 6.02. The van der Waals surface area contributed by atoms with E-state index in [1.165, 1.54) is 11.1 Å². The van der Waals surface area contributed by atoms with Crippen molar-refractivity contribution in [3.8, 4) is 0 Å². The van der Waals surface area contributed by atoms with E-state index in [1.54, 1.807) is 0 Å². The Hall–Kier alpha value is -1.50. The molecule has 0 aromatic heterocycles. The van der Waals surface area contributed by atoms with Crippen molar-refractivity contribution in [2.24, 2.45) is 17.1 Å². The first kappa shape index (κ1) is 13.6. The van der Waals surface area contributed by atoms with Gasteiger partial charge in [0, 0.05) is 11.6 Å². The van der Waals surface area contributed by atoms with E-state index in [0.717, 1.165) is 5.70 Å². The summed E-state index contributed by atoms with van der Waals surface area (Å²) in [6.07, 6.45) is 12.5. The molecule has 2 N–H and O–H groups in total. The highest BCUT2D eigenvalue weighted by Gasteiger charge is 2.21. The van der Waals surface area contributed by atoms with Crippen LogP contribution >= 0.6 is 0 Å². The molecule has 0 aliphatic heterocycles. The quantitative estimate of drug-likeness (QED) is 0.708. The number of hydrogen-bond acceptors (Lipinski definition) is 1. The largest absolute Gasteiger partial charge is 0.402 e. The van der Waals surface area contributed by atoms with E-state index in [9.17, 15) is 0 Å². The predicted octanol–water partition coefficient (Wildman–Crippen LogP) is 4.12. The molecule has 0 aromatic carbocycles. The Kier molecular flexibility index (Phi) is 4.17. The lowest BCUT2D eigenvalue weighted by atomic mass is 9.78. The summed E-state index contributed by atoms with van der Waals surface area (Å²) in [7, 11) is 0. The zero-order valence-electron chi connectivity index (χ0n) is 11.3. The minimum Gasteiger partial charge on any atom is -0.402 e. The van der Waals surface area contributed by atoms with Gasteiger partial charge in [-0.25, -0.2) is 0 Å². The van der Waals surface area contributed by atoms with E-state index < -0.39 is 0 Å². The molecule has 0 bridgehead atoms. The molecule has 0 amide bonds. The van der Waals surface area contributed by atoms with Gasteiger partial charge in [0.05, 0.1) is 0 Å². The number of allylic oxidation sites excluding steroid dienone is 9. The van der Waals surface area contributed by atoms with Gasteiger partial charge in [0.25, 0.3) is 0 Å². The van der Waals surface area contributed by atoms with Gasteiger partial charge < -0.3 is 5.73 Å². The van der Waals surface area contributed by atoms with Crippen molar-refractivity contribution in [2.75, 3.05) is 0 Å². The Balaban J connectivity index is 3.37. The highest BCUT2D eigenvalue weighted by atomic mass is 14.5. The standard InChI is InChI=1S/C16H23N/c1-6-13-9-7-8-10-14(13)15(11-12(2)17)16(3,4)5/h6-11,13H,1,17H2,2-5H3/b12-11+,15-14+. The maximum atomic E-state index is 5.84. The van der Waals surface area contributed by atoms with Crippen LogP contribution < -0.4 is 5.73 Å². The molecule has 0 saturated heterocycles. The lowest BCUT2D eigenvalue weighted by Gasteiger charge is -2.27. The van der Waals surface area contributed by atoms with Crippen molar-refractivity contribution in [2.45, 2.75) is 27.7 Å². The van der Waals surface area contributed by atoms with Crippen molar-refractivity contribution in [1.29, 1.82) is 0 Å². The molecule has 1 heteroatoms. The van der Waals surface area contributed by atoms with Gasteiger partial charge in [-0.05, 0) is 29.6 Å². The van der Waals surface area contributed by atoms with Crippen LogP contribution in [-0.2, 0) is 0 Å². The average molecular weight is 229 g/mol. The second kappa shape index (κ2) is 5.22. The van der Waals surface area contributed by atoms with Crippen LogP contribution in [-0.4, -0.2) is 0 Å². The van der Waals surface area contributed by atoms with Crippen LogP contribution in [0.1, 0.15) is 27.7 Å². The summed E-state index contributed by atoms with van der Waals surface area (Å²) in [6, 6.07) is 0. The third-order valence-corrected chi connectivity index (χ3v) is 2.81. The lowest BCUT2D eigenvalue weighted by molar-refractivity contribution is 0.509. The fourth-order valence-electron chi connectivity index (χ4n) is 1.99. The highest BCUT2D eigenvalue weighted by molar-refractivity contribution is 5.45. The first-order chi connectivity index (χ1) is 7.86. The maximum Gasteiger partial charge on any atom is 0.0202 e. The Morgan fingerprint density at radius 2 is 2.00 bits per heavy atom. The van der Waals surface area contributed by atoms with Crippen LogP contribution in [0.2, 0.25) is 0 Å². The number of rotatable bonds is 2. The van der Waals surface area contributed by atoms with Crippen LogP contribution in [0.25, 0.3) is 0 Å². The first-order valence-corrected chi connectivity index (χ1v) is 6.02. The van der Waals surface area contributed by atoms with E-state index >= 15 is 0 Å². The van der Waals surface area contributed by atoms with E-state index in [2.05, 4.69) is 57.7 Å². The molecule has 1 unspecified atom stereocenters. The molecule has 0 spiro atoms. The molecular formula is C16H23N. The predicted molar refractivity (Wildman–Crippen MR) is 76.4 cm³/mol. The summed E-state index contributed by atoms with van der Waals surface area (Å²) in [5.41, 5.74) is 9.33. The number of hydrogen-bond donors (Lipinski definition) is 1. The number of nitrogens with two attached hydrogens (primary N) is 1. The van der Waals surface area contributed by atoms with Crippen molar-refractivity contribution >= 4 is 0 Å². The second-order valence-electron chi connectivity index (χ2n) is 5.51. The highest BCUT2D eigenvalue weighted by Crippen LogP contribution is 2.35. The van der Waals surface area contributed by atoms with E-state index in [4.69, 9.17) is 5.73 Å². The van der Waals surface area contributed by atoms with Crippen molar-refractivity contribution in [1.82, 2.24) is 0 Å². The SMILES string of the molecule is C=CC1C=CC=C/C1=C(/C=C(\C)N)C(C)(C)C. The monoisotopic (exact) mass is 229 g/mol. The molecule has 92 valence electrons. The van der Waals surface area contributed by atoms with E-state index in [0.29, 0.717) is 0 Å². The normalized spacial score (nSPS) is 23.8. The molecule has 1 aliphatic carbocycles. The van der Waals surface area contributed by atoms with Gasteiger partial charge >= 0.3 is 0 Å². The van der Waals surface area contributed by atoms with Gasteiger partial charge in [0.2, 0.25) is 0 Å². The Morgan fingerprint density at radius 3 is 2.47 bits per heavy atom. The van der Waals surface area contributed by atoms with Crippen molar-refractivity contribution < 1.29 is 0 Å². The second-order valence-corrected chi connectivity index (χ2v) is 5.51. The third kappa shape index (κ3) is 3.48. The topological polar surface area (TPSA) is 26.0 Å². The minimum atomic E-state index is 0.0761.